The summed E-state index contributed by atoms with van der Waals surface area (Å²) in [7, 11) is 0. The summed E-state index contributed by atoms with van der Waals surface area (Å²) in [5.41, 5.74) is 4.72. The van der Waals surface area contributed by atoms with Crippen LogP contribution in [0.5, 0.6) is 0 Å². The molecule has 0 unspecified atom stereocenters. The quantitative estimate of drug-likeness (QED) is 0.335. The van der Waals surface area contributed by atoms with Crippen LogP contribution in [0.15, 0.2) is 53.7 Å². The van der Waals surface area contributed by atoms with Crippen LogP contribution in [-0.2, 0) is 12.3 Å². The monoisotopic (exact) mass is 435 g/mol. The van der Waals surface area contributed by atoms with Crippen molar-refractivity contribution in [3.63, 3.8) is 0 Å². The number of fused-ring (bicyclic) bond motifs is 1. The van der Waals surface area contributed by atoms with Crippen molar-refractivity contribution in [2.24, 2.45) is 0 Å². The van der Waals surface area contributed by atoms with Crippen LogP contribution in [0.25, 0.3) is 11.0 Å². The zero-order valence-corrected chi connectivity index (χ0v) is 18.3. The van der Waals surface area contributed by atoms with Gasteiger partial charge in [0, 0.05) is 29.2 Å². The number of aromatic nitrogens is 4. The van der Waals surface area contributed by atoms with Gasteiger partial charge in [0.2, 0.25) is 0 Å². The highest BCUT2D eigenvalue weighted by Crippen LogP contribution is 2.25. The molecule has 2 aromatic heterocycles. The molecular weight excluding hydrogens is 413 g/mol. The Hall–Kier alpha value is -3.26. The van der Waals surface area contributed by atoms with E-state index in [1.54, 1.807) is 11.8 Å². The Bertz CT molecular complexity index is 1230. The third-order valence-electron chi connectivity index (χ3n) is 4.80. The Morgan fingerprint density at radius 1 is 1.03 bits per heavy atom. The molecule has 0 spiro atoms. The number of benzene rings is 2. The fourth-order valence-corrected chi connectivity index (χ4v) is 4.31. The standard InChI is InChI=1S/C23H22FN5OS/c1-4-29-20-10-9-18(27-22(30)16-5-7-17(24)8-6-16)12-19(20)28-21(29)13-31-23-25-14(2)11-15(3)26-23/h5-12H,4,13H2,1-3H3,(H,27,30). The number of halogens is 1. The lowest BCUT2D eigenvalue weighted by Crippen LogP contribution is -2.11. The Kier molecular flexibility index (Phi) is 5.99. The Labute approximate surface area is 183 Å². The Morgan fingerprint density at radius 3 is 2.42 bits per heavy atom. The first kappa shape index (κ1) is 21.0. The predicted octanol–water partition coefficient (Wildman–Crippen LogP) is 5.15. The number of imidazole rings is 1. The first-order chi connectivity index (χ1) is 14.9. The Balaban J connectivity index is 1.55. The summed E-state index contributed by atoms with van der Waals surface area (Å²) in [4.78, 5) is 26.2. The van der Waals surface area contributed by atoms with E-state index in [9.17, 15) is 9.18 Å². The maximum Gasteiger partial charge on any atom is 0.255 e. The third-order valence-corrected chi connectivity index (χ3v) is 5.64. The van der Waals surface area contributed by atoms with Gasteiger partial charge in [-0.05, 0) is 69.3 Å². The number of nitrogens with one attached hydrogen (secondary N) is 1. The highest BCUT2D eigenvalue weighted by atomic mass is 32.2. The second kappa shape index (κ2) is 8.85. The maximum atomic E-state index is 13.1. The van der Waals surface area contributed by atoms with Crippen molar-refractivity contribution in [3.8, 4) is 0 Å². The average Bonchev–Trinajstić information content (AvgIpc) is 3.08. The van der Waals surface area contributed by atoms with E-state index in [0.29, 0.717) is 17.0 Å². The number of amides is 1. The number of carbonyl (C=O) groups is 1. The normalized spacial score (nSPS) is 11.1. The number of hydrogen-bond acceptors (Lipinski definition) is 5. The summed E-state index contributed by atoms with van der Waals surface area (Å²) < 4.78 is 15.2. The molecule has 6 nitrogen and oxygen atoms in total. The summed E-state index contributed by atoms with van der Waals surface area (Å²) >= 11 is 1.55. The van der Waals surface area contributed by atoms with Crippen LogP contribution in [0.1, 0.15) is 34.5 Å². The number of hydrogen-bond donors (Lipinski definition) is 1. The predicted molar refractivity (Wildman–Crippen MR) is 121 cm³/mol. The van der Waals surface area contributed by atoms with Crippen LogP contribution in [0.3, 0.4) is 0 Å². The molecule has 0 bridgehead atoms. The third kappa shape index (κ3) is 4.74. The molecule has 4 aromatic rings. The molecule has 1 amide bonds. The minimum absolute atomic E-state index is 0.294. The topological polar surface area (TPSA) is 72.7 Å². The van der Waals surface area contributed by atoms with Gasteiger partial charge in [-0.3, -0.25) is 4.79 Å². The minimum Gasteiger partial charge on any atom is -0.328 e. The Morgan fingerprint density at radius 2 is 1.74 bits per heavy atom. The lowest BCUT2D eigenvalue weighted by atomic mass is 10.2. The van der Waals surface area contributed by atoms with E-state index in [0.717, 1.165) is 39.9 Å². The van der Waals surface area contributed by atoms with E-state index in [-0.39, 0.29) is 11.7 Å². The van der Waals surface area contributed by atoms with Crippen molar-refractivity contribution in [3.05, 3.63) is 77.1 Å². The van der Waals surface area contributed by atoms with Crippen molar-refractivity contribution in [1.29, 1.82) is 0 Å². The molecule has 1 N–H and O–H groups in total. The molecule has 0 aliphatic heterocycles. The highest BCUT2D eigenvalue weighted by molar-refractivity contribution is 7.98. The number of carbonyl (C=O) groups excluding carboxylic acids is 1. The number of rotatable bonds is 6. The molecule has 0 fully saturated rings. The average molecular weight is 436 g/mol. The SMILES string of the molecule is CCn1c(CSc2nc(C)cc(C)n2)nc2cc(NC(=O)c3ccc(F)cc3)ccc21. The van der Waals surface area contributed by atoms with E-state index in [1.165, 1.54) is 24.3 Å². The van der Waals surface area contributed by atoms with Gasteiger partial charge in [0.1, 0.15) is 11.6 Å². The van der Waals surface area contributed by atoms with Crippen LogP contribution < -0.4 is 5.32 Å². The fraction of sp³-hybridized carbons (Fsp3) is 0.217. The molecule has 31 heavy (non-hydrogen) atoms. The largest absolute Gasteiger partial charge is 0.328 e. The fourth-order valence-electron chi connectivity index (χ4n) is 3.41. The number of aryl methyl sites for hydroxylation is 3. The van der Waals surface area contributed by atoms with Gasteiger partial charge in [0.25, 0.3) is 5.91 Å². The van der Waals surface area contributed by atoms with E-state index >= 15 is 0 Å². The molecule has 8 heteroatoms. The summed E-state index contributed by atoms with van der Waals surface area (Å²) in [5.74, 6) is 0.895. The van der Waals surface area contributed by atoms with E-state index < -0.39 is 0 Å². The molecule has 0 aliphatic rings. The van der Waals surface area contributed by atoms with Gasteiger partial charge in [0.05, 0.1) is 16.8 Å². The minimum atomic E-state index is -0.375. The van der Waals surface area contributed by atoms with Crippen LogP contribution in [-0.4, -0.2) is 25.4 Å². The van der Waals surface area contributed by atoms with Crippen molar-refractivity contribution >= 4 is 34.4 Å². The number of anilines is 1. The van der Waals surface area contributed by atoms with Crippen molar-refractivity contribution in [1.82, 2.24) is 19.5 Å². The molecule has 2 aromatic carbocycles. The number of nitrogens with zero attached hydrogens (tertiary/aromatic N) is 4. The lowest BCUT2D eigenvalue weighted by Gasteiger charge is -2.07. The molecule has 0 atom stereocenters. The van der Waals surface area contributed by atoms with Crippen molar-refractivity contribution in [2.75, 3.05) is 5.32 Å². The smallest absolute Gasteiger partial charge is 0.255 e. The maximum absolute atomic E-state index is 13.1. The van der Waals surface area contributed by atoms with Gasteiger partial charge in [-0.25, -0.2) is 19.3 Å². The molecule has 0 aliphatic carbocycles. The molecule has 0 radical (unpaired) electrons. The van der Waals surface area contributed by atoms with E-state index in [4.69, 9.17) is 4.98 Å². The molecule has 4 rings (SSSR count). The van der Waals surface area contributed by atoms with Gasteiger partial charge in [-0.2, -0.15) is 0 Å². The van der Waals surface area contributed by atoms with Crippen LogP contribution in [0, 0.1) is 19.7 Å². The van der Waals surface area contributed by atoms with Crippen LogP contribution in [0.4, 0.5) is 10.1 Å². The van der Waals surface area contributed by atoms with Gasteiger partial charge >= 0.3 is 0 Å². The lowest BCUT2D eigenvalue weighted by molar-refractivity contribution is 0.102. The molecule has 158 valence electrons. The summed E-state index contributed by atoms with van der Waals surface area (Å²) in [6, 6.07) is 13.1. The van der Waals surface area contributed by atoms with Gasteiger partial charge in [-0.1, -0.05) is 11.8 Å². The van der Waals surface area contributed by atoms with Crippen LogP contribution >= 0.6 is 11.8 Å². The molecule has 2 heterocycles. The zero-order chi connectivity index (χ0) is 22.0. The molecule has 0 saturated carbocycles. The second-order valence-corrected chi connectivity index (χ2v) is 8.10. The van der Waals surface area contributed by atoms with Crippen molar-refractivity contribution < 1.29 is 9.18 Å². The zero-order valence-electron chi connectivity index (χ0n) is 17.5. The summed E-state index contributed by atoms with van der Waals surface area (Å²) in [6.45, 7) is 6.78. The van der Waals surface area contributed by atoms with E-state index in [1.807, 2.05) is 38.1 Å². The molecule has 0 saturated heterocycles. The highest BCUT2D eigenvalue weighted by Gasteiger charge is 2.13. The van der Waals surface area contributed by atoms with Crippen molar-refractivity contribution in [2.45, 2.75) is 38.2 Å². The van der Waals surface area contributed by atoms with E-state index in [2.05, 4.69) is 26.8 Å². The van der Waals surface area contributed by atoms with Gasteiger partial charge < -0.3 is 9.88 Å². The summed E-state index contributed by atoms with van der Waals surface area (Å²) in [5, 5.41) is 3.59. The summed E-state index contributed by atoms with van der Waals surface area (Å²) in [6.07, 6.45) is 0. The van der Waals surface area contributed by atoms with Gasteiger partial charge in [-0.15, -0.1) is 0 Å². The first-order valence-corrected chi connectivity index (χ1v) is 10.9. The first-order valence-electron chi connectivity index (χ1n) is 9.94. The van der Waals surface area contributed by atoms with Crippen LogP contribution in [0.2, 0.25) is 0 Å². The number of thioether (sulfide) groups is 1. The second-order valence-electron chi connectivity index (χ2n) is 7.16. The van der Waals surface area contributed by atoms with Gasteiger partial charge in [0.15, 0.2) is 5.16 Å². The molecular formula is C23H22FN5OS.